The normalized spacial score (nSPS) is 12.9. The molecule has 19 heavy (non-hydrogen) atoms. The van der Waals surface area contributed by atoms with Crippen LogP contribution in [0.5, 0.6) is 0 Å². The fourth-order valence-corrected chi connectivity index (χ4v) is 4.28. The second-order valence-corrected chi connectivity index (χ2v) is 6.35. The zero-order valence-corrected chi connectivity index (χ0v) is 12.4. The van der Waals surface area contributed by atoms with Gasteiger partial charge in [-0.3, -0.25) is 11.3 Å². The maximum Gasteiger partial charge on any atom is 0.0511 e. The van der Waals surface area contributed by atoms with Crippen LogP contribution in [0.15, 0.2) is 40.4 Å². The van der Waals surface area contributed by atoms with Gasteiger partial charge in [0.25, 0.3) is 0 Å². The first-order valence-electron chi connectivity index (χ1n) is 6.23. The van der Waals surface area contributed by atoms with Gasteiger partial charge in [0.05, 0.1) is 6.04 Å². The van der Waals surface area contributed by atoms with Crippen LogP contribution in [0, 0.1) is 6.92 Å². The Kier molecular flexibility index (Phi) is 3.66. The number of fused-ring (bicyclic) bond motifs is 1. The summed E-state index contributed by atoms with van der Waals surface area (Å²) in [6.07, 6.45) is 0.929. The molecule has 3 N–H and O–H groups in total. The highest BCUT2D eigenvalue weighted by atomic mass is 32.1. The maximum atomic E-state index is 5.75. The molecule has 0 aliphatic rings. The molecular formula is C15H16N2S2. The molecular weight excluding hydrogens is 272 g/mol. The van der Waals surface area contributed by atoms with Gasteiger partial charge in [-0.2, -0.15) is 11.3 Å². The molecule has 2 heterocycles. The summed E-state index contributed by atoms with van der Waals surface area (Å²) in [6.45, 7) is 2.14. The molecule has 0 bridgehead atoms. The highest BCUT2D eigenvalue weighted by Gasteiger charge is 2.15. The number of hydrogen-bond donors (Lipinski definition) is 2. The Morgan fingerprint density at radius 1 is 1.21 bits per heavy atom. The first-order chi connectivity index (χ1) is 9.29. The van der Waals surface area contributed by atoms with E-state index in [0.717, 1.165) is 6.42 Å². The third-order valence-electron chi connectivity index (χ3n) is 3.46. The maximum absolute atomic E-state index is 5.75. The number of aryl methyl sites for hydroxylation is 1. The summed E-state index contributed by atoms with van der Waals surface area (Å²) in [6, 6.07) is 8.73. The van der Waals surface area contributed by atoms with Gasteiger partial charge in [0.1, 0.15) is 0 Å². The smallest absolute Gasteiger partial charge is 0.0511 e. The molecule has 0 fully saturated rings. The van der Waals surface area contributed by atoms with Gasteiger partial charge in [-0.05, 0) is 57.6 Å². The highest BCUT2D eigenvalue weighted by molar-refractivity contribution is 7.17. The molecule has 4 heteroatoms. The molecule has 1 atom stereocenters. The van der Waals surface area contributed by atoms with Gasteiger partial charge < -0.3 is 0 Å². The minimum absolute atomic E-state index is 0.184. The Morgan fingerprint density at radius 2 is 2.05 bits per heavy atom. The van der Waals surface area contributed by atoms with E-state index in [2.05, 4.69) is 52.8 Å². The van der Waals surface area contributed by atoms with E-state index < -0.39 is 0 Å². The molecule has 0 amide bonds. The van der Waals surface area contributed by atoms with Crippen LogP contribution in [0.1, 0.15) is 22.7 Å². The van der Waals surface area contributed by atoms with Gasteiger partial charge in [0.15, 0.2) is 0 Å². The average Bonchev–Trinajstić information content (AvgIpc) is 3.03. The van der Waals surface area contributed by atoms with Crippen LogP contribution in [0.2, 0.25) is 0 Å². The molecule has 0 saturated heterocycles. The zero-order chi connectivity index (χ0) is 13.2. The Labute approximate surface area is 120 Å². The molecule has 3 rings (SSSR count). The highest BCUT2D eigenvalue weighted by Crippen LogP contribution is 2.30. The van der Waals surface area contributed by atoms with Crippen molar-refractivity contribution in [3.05, 3.63) is 57.1 Å². The van der Waals surface area contributed by atoms with E-state index in [1.54, 1.807) is 22.7 Å². The summed E-state index contributed by atoms with van der Waals surface area (Å²) in [5, 5.41) is 7.96. The molecule has 0 aliphatic carbocycles. The Morgan fingerprint density at radius 3 is 2.79 bits per heavy atom. The van der Waals surface area contributed by atoms with Crippen molar-refractivity contribution < 1.29 is 0 Å². The van der Waals surface area contributed by atoms with Crippen molar-refractivity contribution in [2.24, 2.45) is 5.84 Å². The zero-order valence-electron chi connectivity index (χ0n) is 10.7. The summed E-state index contributed by atoms with van der Waals surface area (Å²) in [5.41, 5.74) is 6.95. The molecule has 2 nitrogen and oxygen atoms in total. The molecule has 98 valence electrons. The van der Waals surface area contributed by atoms with Gasteiger partial charge in [-0.15, -0.1) is 11.3 Å². The van der Waals surface area contributed by atoms with E-state index in [1.165, 1.54) is 26.8 Å². The fourth-order valence-electron chi connectivity index (χ4n) is 2.40. The molecule has 0 saturated carbocycles. The molecule has 0 radical (unpaired) electrons. The van der Waals surface area contributed by atoms with Crippen LogP contribution >= 0.6 is 22.7 Å². The predicted molar refractivity (Wildman–Crippen MR) is 84.6 cm³/mol. The summed E-state index contributed by atoms with van der Waals surface area (Å²) in [4.78, 5) is 0. The number of hydrogen-bond acceptors (Lipinski definition) is 4. The van der Waals surface area contributed by atoms with E-state index in [4.69, 9.17) is 5.84 Å². The molecule has 2 aromatic heterocycles. The average molecular weight is 288 g/mol. The Hall–Kier alpha value is -1.20. The molecule has 0 spiro atoms. The van der Waals surface area contributed by atoms with Gasteiger partial charge in [0.2, 0.25) is 0 Å². The number of benzene rings is 1. The third kappa shape index (κ3) is 2.44. The Bertz CT molecular complexity index is 684. The SMILES string of the molecule is Cc1cscc1C(Cc1csc2ccccc12)NN. The molecule has 1 aromatic carbocycles. The number of rotatable bonds is 4. The van der Waals surface area contributed by atoms with Crippen LogP contribution in [0.3, 0.4) is 0 Å². The quantitative estimate of drug-likeness (QED) is 0.562. The van der Waals surface area contributed by atoms with E-state index in [0.29, 0.717) is 0 Å². The van der Waals surface area contributed by atoms with Crippen LogP contribution in [-0.4, -0.2) is 0 Å². The van der Waals surface area contributed by atoms with Crippen LogP contribution in [0.25, 0.3) is 10.1 Å². The van der Waals surface area contributed by atoms with Crippen molar-refractivity contribution in [1.82, 2.24) is 5.43 Å². The summed E-state index contributed by atoms with van der Waals surface area (Å²) in [5.74, 6) is 5.75. The van der Waals surface area contributed by atoms with Crippen molar-refractivity contribution in [3.63, 3.8) is 0 Å². The molecule has 3 aromatic rings. The van der Waals surface area contributed by atoms with Gasteiger partial charge in [0, 0.05) is 4.70 Å². The topological polar surface area (TPSA) is 38.0 Å². The minimum atomic E-state index is 0.184. The fraction of sp³-hybridized carbons (Fsp3) is 0.200. The standard InChI is InChI=1S/C15H16N2S2/c1-10-7-18-9-13(10)14(17-16)6-11-8-19-15-5-3-2-4-12(11)15/h2-5,7-9,14,17H,6,16H2,1H3. The second-order valence-electron chi connectivity index (χ2n) is 4.69. The first-order valence-corrected chi connectivity index (χ1v) is 8.05. The van der Waals surface area contributed by atoms with Gasteiger partial charge in [-0.1, -0.05) is 18.2 Å². The lowest BCUT2D eigenvalue weighted by Crippen LogP contribution is -2.29. The van der Waals surface area contributed by atoms with E-state index in [-0.39, 0.29) is 6.04 Å². The van der Waals surface area contributed by atoms with Crippen molar-refractivity contribution in [2.75, 3.05) is 0 Å². The van der Waals surface area contributed by atoms with Crippen molar-refractivity contribution in [1.29, 1.82) is 0 Å². The minimum Gasteiger partial charge on any atom is -0.271 e. The third-order valence-corrected chi connectivity index (χ3v) is 5.35. The van der Waals surface area contributed by atoms with E-state index in [1.807, 2.05) is 0 Å². The van der Waals surface area contributed by atoms with Crippen LogP contribution < -0.4 is 11.3 Å². The lowest BCUT2D eigenvalue weighted by atomic mass is 9.99. The van der Waals surface area contributed by atoms with Crippen molar-refractivity contribution in [2.45, 2.75) is 19.4 Å². The van der Waals surface area contributed by atoms with Crippen LogP contribution in [0.4, 0.5) is 0 Å². The number of thiophene rings is 2. The largest absolute Gasteiger partial charge is 0.271 e. The summed E-state index contributed by atoms with van der Waals surface area (Å²) in [7, 11) is 0. The monoisotopic (exact) mass is 288 g/mol. The lowest BCUT2D eigenvalue weighted by molar-refractivity contribution is 0.553. The van der Waals surface area contributed by atoms with E-state index in [9.17, 15) is 0 Å². The van der Waals surface area contributed by atoms with Crippen molar-refractivity contribution in [3.8, 4) is 0 Å². The van der Waals surface area contributed by atoms with Gasteiger partial charge >= 0.3 is 0 Å². The van der Waals surface area contributed by atoms with Crippen molar-refractivity contribution >= 4 is 32.8 Å². The first kappa shape index (κ1) is 12.8. The number of nitrogens with one attached hydrogen (secondary N) is 1. The number of hydrazine groups is 1. The predicted octanol–water partition coefficient (Wildman–Crippen LogP) is 4.02. The van der Waals surface area contributed by atoms with E-state index >= 15 is 0 Å². The summed E-state index contributed by atoms with van der Waals surface area (Å²) < 4.78 is 1.34. The van der Waals surface area contributed by atoms with Gasteiger partial charge in [-0.25, -0.2) is 0 Å². The molecule has 1 unspecified atom stereocenters. The molecule has 0 aliphatic heterocycles. The second kappa shape index (κ2) is 5.43. The Balaban J connectivity index is 1.93. The number of nitrogens with two attached hydrogens (primary N) is 1. The van der Waals surface area contributed by atoms with Crippen LogP contribution in [-0.2, 0) is 6.42 Å². The lowest BCUT2D eigenvalue weighted by Gasteiger charge is -2.15. The summed E-state index contributed by atoms with van der Waals surface area (Å²) >= 11 is 3.54.